The zero-order valence-electron chi connectivity index (χ0n) is 17.5. The summed E-state index contributed by atoms with van der Waals surface area (Å²) in [6.07, 6.45) is 2.99. The SMILES string of the molecule is O=C(Nc1cccc(-c2csc(-c3ccccn3)n2)c1)c1cnc(-c2ccc(Cl)cc2)[nH]c1=O. The van der Waals surface area contributed by atoms with Gasteiger partial charge in [0.2, 0.25) is 0 Å². The fourth-order valence-electron chi connectivity index (χ4n) is 3.28. The van der Waals surface area contributed by atoms with Gasteiger partial charge in [-0.15, -0.1) is 11.3 Å². The molecule has 9 heteroatoms. The van der Waals surface area contributed by atoms with Crippen LogP contribution in [0.5, 0.6) is 0 Å². The van der Waals surface area contributed by atoms with Gasteiger partial charge in [-0.25, -0.2) is 9.97 Å². The van der Waals surface area contributed by atoms with Crippen molar-refractivity contribution < 1.29 is 4.79 Å². The van der Waals surface area contributed by atoms with E-state index in [1.54, 1.807) is 42.6 Å². The molecule has 0 atom stereocenters. The number of carbonyl (C=O) groups is 1. The first-order chi connectivity index (χ1) is 16.6. The minimum absolute atomic E-state index is 0.0887. The van der Waals surface area contributed by atoms with Gasteiger partial charge in [0.25, 0.3) is 11.5 Å². The zero-order chi connectivity index (χ0) is 23.5. The van der Waals surface area contributed by atoms with Gasteiger partial charge in [0.1, 0.15) is 16.4 Å². The van der Waals surface area contributed by atoms with E-state index in [1.807, 2.05) is 35.7 Å². The summed E-state index contributed by atoms with van der Waals surface area (Å²) in [4.78, 5) is 41.2. The lowest BCUT2D eigenvalue weighted by Gasteiger charge is -2.07. The van der Waals surface area contributed by atoms with Crippen molar-refractivity contribution >= 4 is 34.5 Å². The first-order valence-electron chi connectivity index (χ1n) is 10.2. The van der Waals surface area contributed by atoms with Crippen LogP contribution < -0.4 is 10.9 Å². The molecule has 7 nitrogen and oxygen atoms in total. The summed E-state index contributed by atoms with van der Waals surface area (Å²) < 4.78 is 0. The zero-order valence-corrected chi connectivity index (χ0v) is 19.1. The maximum atomic E-state index is 12.8. The summed E-state index contributed by atoms with van der Waals surface area (Å²) in [5.74, 6) is -0.200. The van der Waals surface area contributed by atoms with Crippen molar-refractivity contribution in [2.24, 2.45) is 0 Å². The van der Waals surface area contributed by atoms with Gasteiger partial charge in [0.05, 0.1) is 11.4 Å². The summed E-state index contributed by atoms with van der Waals surface area (Å²) >= 11 is 7.40. The average molecular weight is 486 g/mol. The molecule has 5 rings (SSSR count). The maximum absolute atomic E-state index is 12.8. The van der Waals surface area contributed by atoms with E-state index in [0.717, 1.165) is 22.0 Å². The highest BCUT2D eigenvalue weighted by Crippen LogP contribution is 2.29. The third kappa shape index (κ3) is 4.63. The number of halogens is 1. The number of rotatable bonds is 5. The van der Waals surface area contributed by atoms with Crippen LogP contribution in [0.1, 0.15) is 10.4 Å². The fraction of sp³-hybridized carbons (Fsp3) is 0. The molecule has 5 aromatic rings. The Balaban J connectivity index is 1.35. The predicted molar refractivity (Wildman–Crippen MR) is 134 cm³/mol. The minimum Gasteiger partial charge on any atom is -0.322 e. The Kier molecular flexibility index (Phi) is 5.99. The Morgan fingerprint density at radius 2 is 1.79 bits per heavy atom. The molecule has 0 fully saturated rings. The van der Waals surface area contributed by atoms with Gasteiger partial charge in [-0.05, 0) is 48.5 Å². The van der Waals surface area contributed by atoms with Crippen molar-refractivity contribution in [3.8, 4) is 33.3 Å². The summed E-state index contributed by atoms with van der Waals surface area (Å²) in [6, 6.07) is 19.8. The Bertz CT molecular complexity index is 1530. The fourth-order valence-corrected chi connectivity index (χ4v) is 4.21. The van der Waals surface area contributed by atoms with Crippen LogP contribution in [0.3, 0.4) is 0 Å². The van der Waals surface area contributed by atoms with Crippen molar-refractivity contribution in [3.05, 3.63) is 105 Å². The van der Waals surface area contributed by atoms with Gasteiger partial charge in [0.15, 0.2) is 0 Å². The van der Waals surface area contributed by atoms with Gasteiger partial charge in [0, 0.05) is 39.6 Å². The quantitative estimate of drug-likeness (QED) is 0.341. The second-order valence-electron chi connectivity index (χ2n) is 7.27. The van der Waals surface area contributed by atoms with Crippen LogP contribution >= 0.6 is 22.9 Å². The molecule has 0 bridgehead atoms. The third-order valence-electron chi connectivity index (χ3n) is 4.97. The molecular formula is C25H16ClN5O2S. The van der Waals surface area contributed by atoms with Gasteiger partial charge in [-0.2, -0.15) is 0 Å². The molecule has 3 heterocycles. The Labute approximate surface area is 203 Å². The molecular weight excluding hydrogens is 470 g/mol. The van der Waals surface area contributed by atoms with Crippen LogP contribution in [0.4, 0.5) is 5.69 Å². The number of aromatic nitrogens is 4. The lowest BCUT2D eigenvalue weighted by molar-refractivity contribution is 0.102. The molecule has 0 aliphatic carbocycles. The van der Waals surface area contributed by atoms with Gasteiger partial charge >= 0.3 is 0 Å². The number of H-pyrrole nitrogens is 1. The van der Waals surface area contributed by atoms with Crippen molar-refractivity contribution in [1.82, 2.24) is 19.9 Å². The summed E-state index contributed by atoms with van der Waals surface area (Å²) in [5, 5.41) is 6.09. The van der Waals surface area contributed by atoms with Crippen LogP contribution in [0, 0.1) is 0 Å². The standard InChI is InChI=1S/C25H16ClN5O2S/c26-17-9-7-15(8-10-17)22-28-13-19(24(33)31-22)23(32)29-18-5-3-4-16(12-18)21-14-34-25(30-21)20-6-1-2-11-27-20/h1-14H,(H,29,32)(H,28,31,33). The monoisotopic (exact) mass is 485 g/mol. The molecule has 0 aliphatic heterocycles. The predicted octanol–water partition coefficient (Wildman–Crippen LogP) is 5.53. The van der Waals surface area contributed by atoms with E-state index in [2.05, 4.69) is 25.3 Å². The lowest BCUT2D eigenvalue weighted by Crippen LogP contribution is -2.24. The number of anilines is 1. The van der Waals surface area contributed by atoms with E-state index < -0.39 is 11.5 Å². The highest BCUT2D eigenvalue weighted by atomic mass is 35.5. The molecule has 166 valence electrons. The van der Waals surface area contributed by atoms with Crippen molar-refractivity contribution in [2.75, 3.05) is 5.32 Å². The molecule has 1 amide bonds. The van der Waals surface area contributed by atoms with Crippen molar-refractivity contribution in [1.29, 1.82) is 0 Å². The highest BCUT2D eigenvalue weighted by Gasteiger charge is 2.14. The number of amides is 1. The van der Waals surface area contributed by atoms with Crippen LogP contribution in [0.25, 0.3) is 33.3 Å². The summed E-state index contributed by atoms with van der Waals surface area (Å²) in [6.45, 7) is 0. The van der Waals surface area contributed by atoms with Crippen LogP contribution in [-0.2, 0) is 0 Å². The second kappa shape index (κ2) is 9.38. The number of pyridine rings is 1. The van der Waals surface area contributed by atoms with Crippen LogP contribution in [0.15, 0.2) is 89.3 Å². The molecule has 2 N–H and O–H groups in total. The number of aromatic amines is 1. The van der Waals surface area contributed by atoms with E-state index >= 15 is 0 Å². The minimum atomic E-state index is -0.555. The summed E-state index contributed by atoms with van der Waals surface area (Å²) in [5.41, 5.74) is 3.01. The molecule has 0 saturated carbocycles. The highest BCUT2D eigenvalue weighted by molar-refractivity contribution is 7.13. The molecule has 0 aliphatic rings. The smallest absolute Gasteiger partial charge is 0.264 e. The largest absolute Gasteiger partial charge is 0.322 e. The Morgan fingerprint density at radius 1 is 0.941 bits per heavy atom. The molecule has 0 saturated heterocycles. The molecule has 0 unspecified atom stereocenters. The van der Waals surface area contributed by atoms with E-state index in [1.165, 1.54) is 17.5 Å². The normalized spacial score (nSPS) is 10.7. The van der Waals surface area contributed by atoms with Crippen molar-refractivity contribution in [2.45, 2.75) is 0 Å². The van der Waals surface area contributed by atoms with E-state index in [-0.39, 0.29) is 5.56 Å². The molecule has 0 radical (unpaired) electrons. The maximum Gasteiger partial charge on any atom is 0.264 e. The van der Waals surface area contributed by atoms with Crippen LogP contribution in [0.2, 0.25) is 5.02 Å². The number of thiazole rings is 1. The molecule has 3 aromatic heterocycles. The van der Waals surface area contributed by atoms with Gasteiger partial charge in [-0.1, -0.05) is 29.8 Å². The molecule has 34 heavy (non-hydrogen) atoms. The Morgan fingerprint density at radius 3 is 2.56 bits per heavy atom. The number of hydrogen-bond donors (Lipinski definition) is 2. The summed E-state index contributed by atoms with van der Waals surface area (Å²) in [7, 11) is 0. The van der Waals surface area contributed by atoms with Crippen molar-refractivity contribution in [3.63, 3.8) is 0 Å². The van der Waals surface area contributed by atoms with E-state index in [0.29, 0.717) is 22.1 Å². The van der Waals surface area contributed by atoms with Crippen LogP contribution in [-0.4, -0.2) is 25.8 Å². The molecule has 2 aromatic carbocycles. The first kappa shape index (κ1) is 21.7. The van der Waals surface area contributed by atoms with E-state index in [9.17, 15) is 9.59 Å². The number of hydrogen-bond acceptors (Lipinski definition) is 6. The number of carbonyl (C=O) groups excluding carboxylic acids is 1. The topological polar surface area (TPSA) is 101 Å². The third-order valence-corrected chi connectivity index (χ3v) is 6.08. The first-order valence-corrected chi connectivity index (χ1v) is 11.5. The van der Waals surface area contributed by atoms with Gasteiger partial charge in [-0.3, -0.25) is 14.6 Å². The average Bonchev–Trinajstić information content (AvgIpc) is 3.36. The number of nitrogens with zero attached hydrogens (tertiary/aromatic N) is 3. The number of nitrogens with one attached hydrogen (secondary N) is 2. The van der Waals surface area contributed by atoms with Gasteiger partial charge < -0.3 is 10.3 Å². The lowest BCUT2D eigenvalue weighted by atomic mass is 10.1. The van der Waals surface area contributed by atoms with E-state index in [4.69, 9.17) is 11.6 Å². The second-order valence-corrected chi connectivity index (χ2v) is 8.56. The molecule has 0 spiro atoms. The number of benzene rings is 2. The Hall–Kier alpha value is -4.14.